The molecular formula is C18H21N3O. The molecule has 0 bridgehead atoms. The number of nitrogens with two attached hydrogens (primary N) is 1. The van der Waals surface area contributed by atoms with Crippen molar-refractivity contribution in [3.8, 4) is 5.75 Å². The Kier molecular flexibility index (Phi) is 4.39. The maximum atomic E-state index is 5.57. The second-order valence-corrected chi connectivity index (χ2v) is 5.40. The quantitative estimate of drug-likeness (QED) is 0.760. The fourth-order valence-electron chi connectivity index (χ4n) is 2.71. The minimum absolute atomic E-state index is 0.722. The summed E-state index contributed by atoms with van der Waals surface area (Å²) in [6.07, 6.45) is 3.91. The molecule has 0 amide bonds. The second-order valence-electron chi connectivity index (χ2n) is 5.40. The smallest absolute Gasteiger partial charge is 0.123 e. The van der Waals surface area contributed by atoms with Gasteiger partial charge in [-0.1, -0.05) is 24.3 Å². The van der Waals surface area contributed by atoms with E-state index in [4.69, 9.17) is 10.5 Å². The molecule has 0 saturated heterocycles. The number of nitrogens with zero attached hydrogens (tertiary/aromatic N) is 2. The highest BCUT2D eigenvalue weighted by Gasteiger charge is 2.07. The highest BCUT2D eigenvalue weighted by molar-refractivity contribution is 5.76. The molecule has 0 unspecified atom stereocenters. The van der Waals surface area contributed by atoms with Crippen molar-refractivity contribution in [2.45, 2.75) is 19.4 Å². The van der Waals surface area contributed by atoms with Crippen LogP contribution in [0.4, 0.5) is 0 Å². The number of hydrogen-bond acceptors (Lipinski definition) is 3. The molecule has 4 heteroatoms. The number of ether oxygens (including phenoxy) is 1. The van der Waals surface area contributed by atoms with E-state index in [9.17, 15) is 0 Å². The van der Waals surface area contributed by atoms with Gasteiger partial charge in [0.15, 0.2) is 0 Å². The van der Waals surface area contributed by atoms with Gasteiger partial charge in [0.05, 0.1) is 31.0 Å². The average molecular weight is 295 g/mol. The molecule has 0 fully saturated rings. The summed E-state index contributed by atoms with van der Waals surface area (Å²) in [4.78, 5) is 4.53. The molecule has 0 aliphatic heterocycles. The SMILES string of the molecule is COc1ccccc1Cn1cnc2cc(CCCN)ccc21. The number of aryl methyl sites for hydroxylation is 1. The number of para-hydroxylation sites is 1. The minimum atomic E-state index is 0.722. The Labute approximate surface area is 130 Å². The number of imidazole rings is 1. The van der Waals surface area contributed by atoms with E-state index in [1.165, 1.54) is 5.56 Å². The van der Waals surface area contributed by atoms with E-state index in [0.717, 1.165) is 48.3 Å². The summed E-state index contributed by atoms with van der Waals surface area (Å²) < 4.78 is 7.58. The second kappa shape index (κ2) is 6.62. The van der Waals surface area contributed by atoms with Gasteiger partial charge in [0, 0.05) is 5.56 Å². The summed E-state index contributed by atoms with van der Waals surface area (Å²) in [5.41, 5.74) is 10.2. The van der Waals surface area contributed by atoms with Crippen LogP contribution in [-0.4, -0.2) is 23.2 Å². The van der Waals surface area contributed by atoms with Crippen LogP contribution in [0.25, 0.3) is 11.0 Å². The van der Waals surface area contributed by atoms with E-state index in [-0.39, 0.29) is 0 Å². The van der Waals surface area contributed by atoms with Gasteiger partial charge < -0.3 is 15.0 Å². The van der Waals surface area contributed by atoms with Crippen LogP contribution in [0.2, 0.25) is 0 Å². The highest BCUT2D eigenvalue weighted by atomic mass is 16.5. The monoisotopic (exact) mass is 295 g/mol. The molecular weight excluding hydrogens is 274 g/mol. The third kappa shape index (κ3) is 2.97. The number of benzene rings is 2. The van der Waals surface area contributed by atoms with Gasteiger partial charge in [0.1, 0.15) is 5.75 Å². The summed E-state index contributed by atoms with van der Waals surface area (Å²) in [5.74, 6) is 0.906. The molecule has 0 atom stereocenters. The molecule has 0 spiro atoms. The van der Waals surface area contributed by atoms with Crippen molar-refractivity contribution in [3.63, 3.8) is 0 Å². The van der Waals surface area contributed by atoms with Crippen molar-refractivity contribution >= 4 is 11.0 Å². The maximum absolute atomic E-state index is 5.57. The molecule has 0 aliphatic carbocycles. The van der Waals surface area contributed by atoms with Gasteiger partial charge in [-0.15, -0.1) is 0 Å². The molecule has 3 aromatic rings. The largest absolute Gasteiger partial charge is 0.496 e. The van der Waals surface area contributed by atoms with Gasteiger partial charge >= 0.3 is 0 Å². The lowest BCUT2D eigenvalue weighted by Crippen LogP contribution is -2.01. The van der Waals surface area contributed by atoms with Crippen LogP contribution in [0.15, 0.2) is 48.8 Å². The number of fused-ring (bicyclic) bond motifs is 1. The zero-order valence-electron chi connectivity index (χ0n) is 12.8. The van der Waals surface area contributed by atoms with Gasteiger partial charge in [0.25, 0.3) is 0 Å². The van der Waals surface area contributed by atoms with Crippen LogP contribution in [-0.2, 0) is 13.0 Å². The molecule has 0 aliphatic rings. The van der Waals surface area contributed by atoms with Crippen molar-refractivity contribution in [3.05, 3.63) is 59.9 Å². The third-order valence-corrected chi connectivity index (χ3v) is 3.89. The first-order valence-corrected chi connectivity index (χ1v) is 7.57. The number of rotatable bonds is 6. The first kappa shape index (κ1) is 14.6. The Hall–Kier alpha value is -2.33. The van der Waals surface area contributed by atoms with Crippen LogP contribution < -0.4 is 10.5 Å². The Morgan fingerprint density at radius 2 is 2.05 bits per heavy atom. The van der Waals surface area contributed by atoms with Crippen LogP contribution in [0.5, 0.6) is 5.75 Å². The predicted molar refractivity (Wildman–Crippen MR) is 89.2 cm³/mol. The Morgan fingerprint density at radius 3 is 2.86 bits per heavy atom. The third-order valence-electron chi connectivity index (χ3n) is 3.89. The topological polar surface area (TPSA) is 53.1 Å². The van der Waals surface area contributed by atoms with Crippen LogP contribution in [0, 0.1) is 0 Å². The summed E-state index contributed by atoms with van der Waals surface area (Å²) in [6, 6.07) is 14.5. The predicted octanol–water partition coefficient (Wildman–Crippen LogP) is 2.98. The molecule has 0 saturated carbocycles. The number of methoxy groups -OCH3 is 1. The van der Waals surface area contributed by atoms with Gasteiger partial charge in [-0.3, -0.25) is 0 Å². The molecule has 0 radical (unpaired) electrons. The fraction of sp³-hybridized carbons (Fsp3) is 0.278. The summed E-state index contributed by atoms with van der Waals surface area (Å²) >= 11 is 0. The maximum Gasteiger partial charge on any atom is 0.123 e. The van der Waals surface area contributed by atoms with E-state index >= 15 is 0 Å². The van der Waals surface area contributed by atoms with Crippen LogP contribution >= 0.6 is 0 Å². The fourth-order valence-corrected chi connectivity index (χ4v) is 2.71. The molecule has 2 N–H and O–H groups in total. The number of aromatic nitrogens is 2. The van der Waals surface area contributed by atoms with Crippen LogP contribution in [0.1, 0.15) is 17.5 Å². The van der Waals surface area contributed by atoms with E-state index in [1.54, 1.807) is 7.11 Å². The van der Waals surface area contributed by atoms with Crippen molar-refractivity contribution in [2.24, 2.45) is 5.73 Å². The lowest BCUT2D eigenvalue weighted by molar-refractivity contribution is 0.408. The lowest BCUT2D eigenvalue weighted by atomic mass is 10.1. The van der Waals surface area contributed by atoms with Gasteiger partial charge in [-0.05, 0) is 43.1 Å². The highest BCUT2D eigenvalue weighted by Crippen LogP contribution is 2.22. The normalized spacial score (nSPS) is 11.0. The molecule has 22 heavy (non-hydrogen) atoms. The average Bonchev–Trinajstić information content (AvgIpc) is 2.96. The molecule has 114 valence electrons. The molecule has 3 rings (SSSR count). The molecule has 1 aromatic heterocycles. The van der Waals surface area contributed by atoms with Crippen molar-refractivity contribution in [1.29, 1.82) is 0 Å². The van der Waals surface area contributed by atoms with E-state index < -0.39 is 0 Å². The summed E-state index contributed by atoms with van der Waals surface area (Å²) in [5, 5.41) is 0. The van der Waals surface area contributed by atoms with E-state index in [0.29, 0.717) is 0 Å². The molecule has 1 heterocycles. The zero-order chi connectivity index (χ0) is 15.4. The van der Waals surface area contributed by atoms with Crippen molar-refractivity contribution in [2.75, 3.05) is 13.7 Å². The van der Waals surface area contributed by atoms with Gasteiger partial charge in [-0.25, -0.2) is 4.98 Å². The number of hydrogen-bond donors (Lipinski definition) is 1. The lowest BCUT2D eigenvalue weighted by Gasteiger charge is -2.09. The van der Waals surface area contributed by atoms with Crippen molar-refractivity contribution < 1.29 is 4.74 Å². The standard InChI is InChI=1S/C18H21N3O/c1-22-18-7-3-2-6-15(18)12-21-13-20-16-11-14(5-4-10-19)8-9-17(16)21/h2-3,6-9,11,13H,4-5,10,12,19H2,1H3. The van der Waals surface area contributed by atoms with E-state index in [2.05, 4.69) is 33.8 Å². The Morgan fingerprint density at radius 1 is 1.18 bits per heavy atom. The van der Waals surface area contributed by atoms with Crippen LogP contribution in [0.3, 0.4) is 0 Å². The zero-order valence-corrected chi connectivity index (χ0v) is 12.8. The Balaban J connectivity index is 1.88. The van der Waals surface area contributed by atoms with E-state index in [1.807, 2.05) is 24.5 Å². The van der Waals surface area contributed by atoms with Gasteiger partial charge in [-0.2, -0.15) is 0 Å². The summed E-state index contributed by atoms with van der Waals surface area (Å²) in [7, 11) is 1.70. The minimum Gasteiger partial charge on any atom is -0.496 e. The van der Waals surface area contributed by atoms with Gasteiger partial charge in [0.2, 0.25) is 0 Å². The molecule has 2 aromatic carbocycles. The van der Waals surface area contributed by atoms with Crippen molar-refractivity contribution in [1.82, 2.24) is 9.55 Å². The first-order valence-electron chi connectivity index (χ1n) is 7.57. The Bertz CT molecular complexity index is 764. The first-order chi connectivity index (χ1) is 10.8. The molecule has 4 nitrogen and oxygen atoms in total. The summed E-state index contributed by atoms with van der Waals surface area (Å²) in [6.45, 7) is 1.48.